The van der Waals surface area contributed by atoms with E-state index in [9.17, 15) is 9.90 Å². The van der Waals surface area contributed by atoms with E-state index in [0.717, 1.165) is 10.4 Å². The monoisotopic (exact) mass is 417 g/mol. The first kappa shape index (κ1) is 20.0. The Morgan fingerprint density at radius 3 is 2.53 bits per heavy atom. The van der Waals surface area contributed by atoms with Crippen LogP contribution in [0, 0.1) is 0 Å². The molecule has 4 aromatic rings. The lowest BCUT2D eigenvalue weighted by Crippen LogP contribution is -2.40. The van der Waals surface area contributed by atoms with Gasteiger partial charge in [-0.05, 0) is 41.1 Å². The van der Waals surface area contributed by atoms with Crippen LogP contribution in [0.2, 0.25) is 0 Å². The van der Waals surface area contributed by atoms with Gasteiger partial charge in [-0.3, -0.25) is 4.79 Å². The fourth-order valence-corrected chi connectivity index (χ4v) is 4.44. The first-order valence-corrected chi connectivity index (χ1v) is 10.7. The highest BCUT2D eigenvalue weighted by molar-refractivity contribution is 7.09. The Kier molecular flexibility index (Phi) is 5.50. The molecule has 0 aliphatic rings. The van der Waals surface area contributed by atoms with E-state index >= 15 is 0 Å². The first-order chi connectivity index (χ1) is 14.5. The first-order valence-electron chi connectivity index (χ1n) is 9.84. The summed E-state index contributed by atoms with van der Waals surface area (Å²) < 4.78 is 0. The summed E-state index contributed by atoms with van der Waals surface area (Å²) in [5, 5.41) is 12.4. The average Bonchev–Trinajstić information content (AvgIpc) is 3.46. The molecule has 1 aromatic carbocycles. The summed E-state index contributed by atoms with van der Waals surface area (Å²) in [6.45, 7) is 4.29. The number of benzene rings is 1. The predicted octanol–water partition coefficient (Wildman–Crippen LogP) is 5.27. The largest absolute Gasteiger partial charge is 0.480 e. The highest BCUT2D eigenvalue weighted by Gasteiger charge is 2.45. The number of H-pyrrole nitrogens is 1. The van der Waals surface area contributed by atoms with Crippen molar-refractivity contribution < 1.29 is 9.90 Å². The van der Waals surface area contributed by atoms with Crippen molar-refractivity contribution in [2.45, 2.75) is 31.6 Å². The fourth-order valence-electron chi connectivity index (χ4n) is 3.65. The van der Waals surface area contributed by atoms with Gasteiger partial charge in [0.15, 0.2) is 11.2 Å². The zero-order chi connectivity index (χ0) is 21.1. The Hall–Kier alpha value is -3.25. The van der Waals surface area contributed by atoms with Gasteiger partial charge in [-0.1, -0.05) is 44.2 Å². The van der Waals surface area contributed by atoms with E-state index in [1.807, 2.05) is 35.7 Å². The van der Waals surface area contributed by atoms with E-state index < -0.39 is 11.4 Å². The average molecular weight is 418 g/mol. The van der Waals surface area contributed by atoms with Crippen LogP contribution in [-0.4, -0.2) is 26.0 Å². The highest BCUT2D eigenvalue weighted by atomic mass is 32.1. The number of aromatic amines is 1. The smallest absolute Gasteiger partial charge is 0.322 e. The maximum absolute atomic E-state index is 12.7. The van der Waals surface area contributed by atoms with Crippen LogP contribution in [0.25, 0.3) is 11.4 Å². The number of carbonyl (C=O) groups is 1. The summed E-state index contributed by atoms with van der Waals surface area (Å²) in [6, 6.07) is 17.3. The van der Waals surface area contributed by atoms with Gasteiger partial charge in [0.1, 0.15) is 0 Å². The second kappa shape index (κ2) is 8.24. The molecule has 0 saturated carbocycles. The third kappa shape index (κ3) is 3.66. The van der Waals surface area contributed by atoms with Crippen molar-refractivity contribution in [1.82, 2.24) is 15.0 Å². The molecule has 2 N–H and O–H groups in total. The number of thiophene rings is 1. The molecule has 0 aliphatic carbocycles. The van der Waals surface area contributed by atoms with Crippen molar-refractivity contribution in [1.29, 1.82) is 0 Å². The van der Waals surface area contributed by atoms with Gasteiger partial charge in [0, 0.05) is 34.9 Å². The van der Waals surface area contributed by atoms with Crippen LogP contribution in [0.15, 0.2) is 72.4 Å². The standard InChI is InChI=1S/C24H23N3O2S/c1-16(2)17-7-9-18(10-8-17)22-26-13-11-21(27-22)24(23(28)29,20-6-3-12-25-20)15-19-5-4-14-30-19/h3-14,16,25H,15H2,1-2H3,(H,28,29). The van der Waals surface area contributed by atoms with Crippen LogP contribution < -0.4 is 0 Å². The van der Waals surface area contributed by atoms with Crippen molar-refractivity contribution in [2.75, 3.05) is 0 Å². The van der Waals surface area contributed by atoms with Crippen LogP contribution >= 0.6 is 11.3 Å². The minimum Gasteiger partial charge on any atom is -0.480 e. The summed E-state index contributed by atoms with van der Waals surface area (Å²) in [7, 11) is 0. The molecule has 0 radical (unpaired) electrons. The molecule has 1 unspecified atom stereocenters. The number of nitrogens with one attached hydrogen (secondary N) is 1. The molecule has 4 rings (SSSR count). The van der Waals surface area contributed by atoms with Crippen LogP contribution in [0.1, 0.15) is 41.6 Å². The van der Waals surface area contributed by atoms with Crippen LogP contribution in [0.3, 0.4) is 0 Å². The topological polar surface area (TPSA) is 78.9 Å². The number of hydrogen-bond donors (Lipinski definition) is 2. The van der Waals surface area contributed by atoms with Crippen molar-refractivity contribution in [2.24, 2.45) is 0 Å². The molecule has 152 valence electrons. The van der Waals surface area contributed by atoms with E-state index in [-0.39, 0.29) is 0 Å². The Morgan fingerprint density at radius 1 is 1.13 bits per heavy atom. The van der Waals surface area contributed by atoms with Crippen molar-refractivity contribution >= 4 is 17.3 Å². The molecule has 1 atom stereocenters. The summed E-state index contributed by atoms with van der Waals surface area (Å²) in [5.41, 5.74) is 1.83. The number of hydrogen-bond acceptors (Lipinski definition) is 4. The molecule has 0 bridgehead atoms. The van der Waals surface area contributed by atoms with Gasteiger partial charge in [0.25, 0.3) is 0 Å². The molecule has 0 spiro atoms. The minimum absolute atomic E-state index is 0.309. The number of aliphatic carboxylic acids is 1. The van der Waals surface area contributed by atoms with Gasteiger partial charge >= 0.3 is 5.97 Å². The lowest BCUT2D eigenvalue weighted by molar-refractivity contribution is -0.142. The molecular weight excluding hydrogens is 394 g/mol. The second-order valence-corrected chi connectivity index (χ2v) is 8.62. The molecule has 6 heteroatoms. The number of aromatic nitrogens is 3. The van der Waals surface area contributed by atoms with Gasteiger partial charge in [-0.2, -0.15) is 0 Å². The zero-order valence-electron chi connectivity index (χ0n) is 16.9. The summed E-state index contributed by atoms with van der Waals surface area (Å²) in [4.78, 5) is 26.0. The molecule has 0 saturated heterocycles. The lowest BCUT2D eigenvalue weighted by Gasteiger charge is -2.28. The van der Waals surface area contributed by atoms with Gasteiger partial charge in [0.2, 0.25) is 0 Å². The van der Waals surface area contributed by atoms with E-state index in [1.165, 1.54) is 5.56 Å². The van der Waals surface area contributed by atoms with Crippen molar-refractivity contribution in [3.05, 3.63) is 94.2 Å². The Labute approximate surface area is 179 Å². The Bertz CT molecular complexity index is 1120. The number of nitrogens with zero attached hydrogens (tertiary/aromatic N) is 2. The lowest BCUT2D eigenvalue weighted by atomic mass is 9.77. The van der Waals surface area contributed by atoms with Crippen LogP contribution in [-0.2, 0) is 16.6 Å². The Morgan fingerprint density at radius 2 is 1.93 bits per heavy atom. The molecule has 0 amide bonds. The number of rotatable bonds is 7. The second-order valence-electron chi connectivity index (χ2n) is 7.59. The molecule has 3 aromatic heterocycles. The summed E-state index contributed by atoms with van der Waals surface area (Å²) in [6.07, 6.45) is 3.69. The van der Waals surface area contributed by atoms with E-state index in [2.05, 4.69) is 35.9 Å². The molecular formula is C24H23N3O2S. The van der Waals surface area contributed by atoms with E-state index in [0.29, 0.717) is 29.6 Å². The Balaban J connectivity index is 1.83. The van der Waals surface area contributed by atoms with E-state index in [1.54, 1.807) is 35.9 Å². The van der Waals surface area contributed by atoms with Crippen LogP contribution in [0.4, 0.5) is 0 Å². The van der Waals surface area contributed by atoms with Gasteiger partial charge < -0.3 is 10.1 Å². The van der Waals surface area contributed by atoms with Crippen molar-refractivity contribution in [3.8, 4) is 11.4 Å². The van der Waals surface area contributed by atoms with Crippen molar-refractivity contribution in [3.63, 3.8) is 0 Å². The van der Waals surface area contributed by atoms with Crippen LogP contribution in [0.5, 0.6) is 0 Å². The maximum atomic E-state index is 12.7. The summed E-state index contributed by atoms with van der Waals surface area (Å²) in [5.74, 6) is 0.00830. The quantitative estimate of drug-likeness (QED) is 0.429. The molecule has 0 fully saturated rings. The molecule has 5 nitrogen and oxygen atoms in total. The maximum Gasteiger partial charge on any atom is 0.322 e. The van der Waals surface area contributed by atoms with Gasteiger partial charge in [0.05, 0.1) is 5.69 Å². The third-order valence-electron chi connectivity index (χ3n) is 5.37. The predicted molar refractivity (Wildman–Crippen MR) is 119 cm³/mol. The molecule has 30 heavy (non-hydrogen) atoms. The number of carboxylic acid groups (broad SMARTS) is 1. The summed E-state index contributed by atoms with van der Waals surface area (Å²) >= 11 is 1.54. The van der Waals surface area contributed by atoms with E-state index in [4.69, 9.17) is 4.98 Å². The number of carboxylic acids is 1. The van der Waals surface area contributed by atoms with Gasteiger partial charge in [-0.25, -0.2) is 9.97 Å². The fraction of sp³-hybridized carbons (Fsp3) is 0.208. The third-order valence-corrected chi connectivity index (χ3v) is 6.25. The highest BCUT2D eigenvalue weighted by Crippen LogP contribution is 2.36. The SMILES string of the molecule is CC(C)c1ccc(-c2nccc(C(Cc3cccs3)(C(=O)O)c3ccc[nH]3)n2)cc1. The van der Waals surface area contributed by atoms with Gasteiger partial charge in [-0.15, -0.1) is 11.3 Å². The zero-order valence-corrected chi connectivity index (χ0v) is 17.7. The molecule has 0 aliphatic heterocycles. The minimum atomic E-state index is -1.33. The normalized spacial score (nSPS) is 13.3. The molecule has 3 heterocycles.